The Balaban J connectivity index is 1.49. The lowest BCUT2D eigenvalue weighted by Gasteiger charge is -2.04. The number of rotatable bonds is 5. The van der Waals surface area contributed by atoms with E-state index in [0.717, 1.165) is 27.9 Å². The van der Waals surface area contributed by atoms with E-state index in [2.05, 4.69) is 9.97 Å². The first-order chi connectivity index (χ1) is 14.8. The Morgan fingerprint density at radius 2 is 1.52 bits per heavy atom. The summed E-state index contributed by atoms with van der Waals surface area (Å²) in [4.78, 5) is 7.93. The van der Waals surface area contributed by atoms with Crippen molar-refractivity contribution >= 4 is 45.2 Å². The highest BCUT2D eigenvalue weighted by Gasteiger charge is 2.08. The molecule has 0 unspecified atom stereocenters. The van der Waals surface area contributed by atoms with Gasteiger partial charge in [-0.2, -0.15) is 0 Å². The van der Waals surface area contributed by atoms with Crippen LogP contribution in [0.15, 0.2) is 77.8 Å². The fourth-order valence-corrected chi connectivity index (χ4v) is 4.26. The quantitative estimate of drug-likeness (QED) is 0.357. The highest BCUT2D eigenvalue weighted by Crippen LogP contribution is 2.29. The number of benzene rings is 3. The van der Waals surface area contributed by atoms with E-state index in [1.54, 1.807) is 30.5 Å². The monoisotopic (exact) mass is 468 g/mol. The van der Waals surface area contributed by atoms with Crippen molar-refractivity contribution in [2.24, 2.45) is 0 Å². The number of aromatic nitrogens is 2. The summed E-state index contributed by atoms with van der Waals surface area (Å²) >= 11 is 12.2. The predicted molar refractivity (Wildman–Crippen MR) is 128 cm³/mol. The van der Waals surface area contributed by atoms with Gasteiger partial charge in [-0.05, 0) is 53.1 Å². The number of nitrogens with zero attached hydrogens (tertiary/aromatic N) is 1. The number of aromatic amines is 1. The standard InChI is InChI=1S/C24H18Cl2N2O2S/c1-31(29,30)20-10-7-18(8-11-20)17-5-2-16(3-6-17)4-13-24-27-15-23(28-24)21-12-9-19(25)14-22(21)26/h2-15H,1H3,(H,27,28)/b13-4+. The molecular formula is C24H18Cl2N2O2S. The molecule has 0 atom stereocenters. The largest absolute Gasteiger partial charge is 0.338 e. The minimum atomic E-state index is -3.19. The van der Waals surface area contributed by atoms with Crippen molar-refractivity contribution in [1.29, 1.82) is 0 Å². The van der Waals surface area contributed by atoms with Gasteiger partial charge in [0, 0.05) is 16.8 Å². The first kappa shape index (κ1) is 21.4. The van der Waals surface area contributed by atoms with Crippen molar-refractivity contribution in [2.45, 2.75) is 4.90 Å². The lowest BCUT2D eigenvalue weighted by atomic mass is 10.0. The second kappa shape index (κ2) is 8.71. The van der Waals surface area contributed by atoms with Gasteiger partial charge in [0.15, 0.2) is 9.84 Å². The topological polar surface area (TPSA) is 62.8 Å². The van der Waals surface area contributed by atoms with Crippen LogP contribution in [0.25, 0.3) is 34.5 Å². The zero-order valence-electron chi connectivity index (χ0n) is 16.5. The maximum atomic E-state index is 11.6. The average molecular weight is 469 g/mol. The van der Waals surface area contributed by atoms with Crippen LogP contribution < -0.4 is 0 Å². The Hall–Kier alpha value is -2.86. The van der Waals surface area contributed by atoms with Crippen LogP contribution in [0, 0.1) is 0 Å². The summed E-state index contributed by atoms with van der Waals surface area (Å²) in [6.45, 7) is 0. The van der Waals surface area contributed by atoms with Crippen LogP contribution in [-0.4, -0.2) is 24.6 Å². The lowest BCUT2D eigenvalue weighted by molar-refractivity contribution is 0.602. The molecule has 0 amide bonds. The molecule has 4 rings (SSSR count). The van der Waals surface area contributed by atoms with Gasteiger partial charge >= 0.3 is 0 Å². The van der Waals surface area contributed by atoms with Gasteiger partial charge in [-0.25, -0.2) is 13.4 Å². The van der Waals surface area contributed by atoms with Crippen LogP contribution in [0.3, 0.4) is 0 Å². The summed E-state index contributed by atoms with van der Waals surface area (Å²) in [5, 5.41) is 1.15. The molecule has 7 heteroatoms. The van der Waals surface area contributed by atoms with Crippen molar-refractivity contribution < 1.29 is 8.42 Å². The van der Waals surface area contributed by atoms with Gasteiger partial charge in [0.05, 0.1) is 21.8 Å². The molecule has 0 saturated heterocycles. The van der Waals surface area contributed by atoms with Crippen LogP contribution >= 0.6 is 23.2 Å². The molecular weight excluding hydrogens is 451 g/mol. The third kappa shape index (κ3) is 5.07. The van der Waals surface area contributed by atoms with Crippen molar-refractivity contribution in [3.05, 3.63) is 94.4 Å². The number of nitrogens with one attached hydrogen (secondary N) is 1. The number of halogens is 2. The predicted octanol–water partition coefficient (Wildman–Crippen LogP) is 6.62. The Bertz CT molecular complexity index is 1360. The van der Waals surface area contributed by atoms with E-state index in [-0.39, 0.29) is 0 Å². The molecule has 0 saturated carbocycles. The van der Waals surface area contributed by atoms with Gasteiger partial charge in [-0.1, -0.05) is 65.7 Å². The van der Waals surface area contributed by atoms with Crippen LogP contribution in [0.1, 0.15) is 11.4 Å². The fraction of sp³-hybridized carbons (Fsp3) is 0.0417. The summed E-state index contributed by atoms with van der Waals surface area (Å²) < 4.78 is 23.2. The van der Waals surface area contributed by atoms with E-state index in [4.69, 9.17) is 23.2 Å². The molecule has 4 nitrogen and oxygen atoms in total. The molecule has 0 aliphatic rings. The summed E-state index contributed by atoms with van der Waals surface area (Å²) in [6.07, 6.45) is 6.79. The first-order valence-electron chi connectivity index (χ1n) is 9.39. The van der Waals surface area contributed by atoms with Gasteiger partial charge in [-0.3, -0.25) is 0 Å². The van der Waals surface area contributed by atoms with Crippen LogP contribution in [0.5, 0.6) is 0 Å². The second-order valence-electron chi connectivity index (χ2n) is 7.06. The molecule has 0 spiro atoms. The number of H-pyrrole nitrogens is 1. The van der Waals surface area contributed by atoms with Gasteiger partial charge in [0.2, 0.25) is 0 Å². The molecule has 0 aliphatic carbocycles. The zero-order chi connectivity index (χ0) is 22.0. The molecule has 1 heterocycles. The van der Waals surface area contributed by atoms with Gasteiger partial charge < -0.3 is 4.98 Å². The molecule has 0 radical (unpaired) electrons. The average Bonchev–Trinajstić information content (AvgIpc) is 3.21. The minimum absolute atomic E-state index is 0.313. The molecule has 0 bridgehead atoms. The Morgan fingerprint density at radius 3 is 2.13 bits per heavy atom. The molecule has 156 valence electrons. The third-order valence-corrected chi connectivity index (χ3v) is 6.45. The van der Waals surface area contributed by atoms with Crippen molar-refractivity contribution in [3.63, 3.8) is 0 Å². The molecule has 0 aliphatic heterocycles. The number of sulfone groups is 1. The highest BCUT2D eigenvalue weighted by atomic mass is 35.5. The summed E-state index contributed by atoms with van der Waals surface area (Å²) in [6, 6.07) is 20.2. The van der Waals surface area contributed by atoms with Gasteiger partial charge in [0.25, 0.3) is 0 Å². The second-order valence-corrected chi connectivity index (χ2v) is 9.92. The Labute approximate surface area is 191 Å². The van der Waals surface area contributed by atoms with Crippen LogP contribution in [-0.2, 0) is 9.84 Å². The Morgan fingerprint density at radius 1 is 0.871 bits per heavy atom. The molecule has 1 N–H and O–H groups in total. The minimum Gasteiger partial charge on any atom is -0.338 e. The fourth-order valence-electron chi connectivity index (χ4n) is 3.12. The van der Waals surface area contributed by atoms with Crippen molar-refractivity contribution in [3.8, 4) is 22.4 Å². The molecule has 4 aromatic rings. The summed E-state index contributed by atoms with van der Waals surface area (Å²) in [7, 11) is -3.19. The van der Waals surface area contributed by atoms with E-state index >= 15 is 0 Å². The SMILES string of the molecule is CS(=O)(=O)c1ccc(-c2ccc(/C=C/c3ncc(-c4ccc(Cl)cc4Cl)[nH]3)cc2)cc1. The van der Waals surface area contributed by atoms with Crippen LogP contribution in [0.2, 0.25) is 10.0 Å². The van der Waals surface area contributed by atoms with E-state index < -0.39 is 9.84 Å². The maximum absolute atomic E-state index is 11.6. The number of imidazole rings is 1. The van der Waals surface area contributed by atoms with E-state index in [9.17, 15) is 8.42 Å². The maximum Gasteiger partial charge on any atom is 0.175 e. The van der Waals surface area contributed by atoms with E-state index in [1.165, 1.54) is 6.26 Å². The van der Waals surface area contributed by atoms with Crippen LogP contribution in [0.4, 0.5) is 0 Å². The zero-order valence-corrected chi connectivity index (χ0v) is 18.8. The molecule has 31 heavy (non-hydrogen) atoms. The summed E-state index contributed by atoms with van der Waals surface area (Å²) in [5.41, 5.74) is 4.63. The molecule has 3 aromatic carbocycles. The summed E-state index contributed by atoms with van der Waals surface area (Å²) in [5.74, 6) is 0.710. The van der Waals surface area contributed by atoms with Gasteiger partial charge in [0.1, 0.15) is 5.82 Å². The number of hydrogen-bond donors (Lipinski definition) is 1. The highest BCUT2D eigenvalue weighted by molar-refractivity contribution is 7.90. The van der Waals surface area contributed by atoms with Gasteiger partial charge in [-0.15, -0.1) is 0 Å². The molecule has 0 fully saturated rings. The van der Waals surface area contributed by atoms with Crippen molar-refractivity contribution in [1.82, 2.24) is 9.97 Å². The lowest BCUT2D eigenvalue weighted by Crippen LogP contribution is -1.96. The number of hydrogen-bond acceptors (Lipinski definition) is 3. The first-order valence-corrected chi connectivity index (χ1v) is 12.0. The van der Waals surface area contributed by atoms with Crippen molar-refractivity contribution in [2.75, 3.05) is 6.26 Å². The van der Waals surface area contributed by atoms with E-state index in [0.29, 0.717) is 20.8 Å². The van der Waals surface area contributed by atoms with E-state index in [1.807, 2.05) is 54.6 Å². The third-order valence-electron chi connectivity index (χ3n) is 4.78. The Kier molecular flexibility index (Phi) is 6.01. The molecule has 1 aromatic heterocycles. The normalized spacial score (nSPS) is 11.8. The smallest absolute Gasteiger partial charge is 0.175 e.